The molecule has 0 spiro atoms. The topological polar surface area (TPSA) is 49.1 Å². The minimum absolute atomic E-state index is 0.366. The maximum Gasteiger partial charge on any atom is 0.102 e. The van der Waals surface area contributed by atoms with Gasteiger partial charge in [-0.05, 0) is 12.1 Å². The van der Waals surface area contributed by atoms with Crippen LogP contribution in [0.15, 0.2) is 41.5 Å². The first-order valence-corrected chi connectivity index (χ1v) is 4.08. The highest BCUT2D eigenvalue weighted by molar-refractivity contribution is 5.78. The summed E-state index contributed by atoms with van der Waals surface area (Å²) in [7, 11) is 0. The average molecular weight is 171 g/mol. The van der Waals surface area contributed by atoms with Gasteiger partial charge in [0, 0.05) is 5.39 Å². The molecule has 1 heterocycles. The second-order valence-corrected chi connectivity index (χ2v) is 2.81. The molecule has 1 aromatic carbocycles. The first kappa shape index (κ1) is 7.86. The Labute approximate surface area is 75.9 Å². The number of aromatic nitrogens is 1. The first-order valence-electron chi connectivity index (χ1n) is 4.08. The van der Waals surface area contributed by atoms with Gasteiger partial charge >= 0.3 is 0 Å². The maximum atomic E-state index is 6.73. The molecule has 0 saturated heterocycles. The summed E-state index contributed by atoms with van der Waals surface area (Å²) in [5.74, 6) is 0. The molecule has 0 radical (unpaired) electrons. The summed E-state index contributed by atoms with van der Waals surface area (Å²) in [6.07, 6.45) is 0. The molecule has 2 rings (SSSR count). The monoisotopic (exact) mass is 171 g/mol. The molecule has 0 aliphatic heterocycles. The number of nitrogens with one attached hydrogen (secondary N) is 1. The molecular formula is C10H9N3. The third-order valence-electron chi connectivity index (χ3n) is 1.90. The number of benzene rings is 1. The summed E-state index contributed by atoms with van der Waals surface area (Å²) < 4.78 is 0. The van der Waals surface area contributed by atoms with E-state index in [2.05, 4.69) is 10.1 Å². The van der Waals surface area contributed by atoms with Gasteiger partial charge in [0.25, 0.3) is 0 Å². The van der Waals surface area contributed by atoms with Gasteiger partial charge in [-0.25, -0.2) is 5.53 Å². The van der Waals surface area contributed by atoms with E-state index in [1.165, 1.54) is 0 Å². The lowest BCUT2D eigenvalue weighted by molar-refractivity contribution is 0.880. The predicted octanol–water partition coefficient (Wildman–Crippen LogP) is 2.77. The normalized spacial score (nSPS) is 10.2. The van der Waals surface area contributed by atoms with Crippen LogP contribution in [0, 0.1) is 5.53 Å². The van der Waals surface area contributed by atoms with Crippen molar-refractivity contribution in [2.24, 2.45) is 5.11 Å². The molecule has 1 aromatic heterocycles. The van der Waals surface area contributed by atoms with E-state index in [0.29, 0.717) is 6.54 Å². The molecule has 0 fully saturated rings. The summed E-state index contributed by atoms with van der Waals surface area (Å²) in [5, 5.41) is 4.42. The van der Waals surface area contributed by atoms with Crippen molar-refractivity contribution < 1.29 is 0 Å². The molecule has 0 saturated carbocycles. The van der Waals surface area contributed by atoms with Crippen LogP contribution in [0.25, 0.3) is 10.9 Å². The zero-order valence-corrected chi connectivity index (χ0v) is 7.07. The molecule has 64 valence electrons. The van der Waals surface area contributed by atoms with Crippen LogP contribution < -0.4 is 0 Å². The van der Waals surface area contributed by atoms with Gasteiger partial charge in [-0.1, -0.05) is 24.3 Å². The van der Waals surface area contributed by atoms with Crippen molar-refractivity contribution in [3.63, 3.8) is 0 Å². The maximum absolute atomic E-state index is 6.73. The smallest absolute Gasteiger partial charge is 0.102 e. The molecule has 3 nitrogen and oxygen atoms in total. The Bertz CT molecular complexity index is 437. The Morgan fingerprint density at radius 1 is 1.15 bits per heavy atom. The Kier molecular flexibility index (Phi) is 2.00. The number of nitrogens with zero attached hydrogens (tertiary/aromatic N) is 2. The zero-order chi connectivity index (χ0) is 9.10. The number of fused-ring (bicyclic) bond motifs is 1. The number of rotatable bonds is 2. The molecule has 0 aliphatic carbocycles. The van der Waals surface area contributed by atoms with E-state index in [4.69, 9.17) is 5.53 Å². The number of hydrogen-bond acceptors (Lipinski definition) is 3. The lowest BCUT2D eigenvalue weighted by atomic mass is 10.2. The number of para-hydroxylation sites is 1. The Balaban J connectivity index is 2.55. The molecule has 0 bridgehead atoms. The summed E-state index contributed by atoms with van der Waals surface area (Å²) in [6, 6.07) is 11.8. The van der Waals surface area contributed by atoms with E-state index in [0.717, 1.165) is 16.6 Å². The molecule has 3 heteroatoms. The van der Waals surface area contributed by atoms with Crippen molar-refractivity contribution in [1.82, 2.24) is 4.98 Å². The summed E-state index contributed by atoms with van der Waals surface area (Å²) in [4.78, 5) is 4.35. The van der Waals surface area contributed by atoms with E-state index in [9.17, 15) is 0 Å². The highest BCUT2D eigenvalue weighted by Crippen LogP contribution is 2.11. The fourth-order valence-electron chi connectivity index (χ4n) is 1.28. The minimum atomic E-state index is 0.366. The van der Waals surface area contributed by atoms with Crippen LogP contribution in [-0.4, -0.2) is 4.98 Å². The van der Waals surface area contributed by atoms with Crippen LogP contribution in [0.2, 0.25) is 0 Å². The van der Waals surface area contributed by atoms with Gasteiger partial charge in [0.1, 0.15) is 6.54 Å². The van der Waals surface area contributed by atoms with Gasteiger partial charge < -0.3 is 0 Å². The van der Waals surface area contributed by atoms with Crippen LogP contribution in [0.4, 0.5) is 0 Å². The second kappa shape index (κ2) is 3.31. The van der Waals surface area contributed by atoms with Gasteiger partial charge in [0.05, 0.1) is 11.2 Å². The van der Waals surface area contributed by atoms with Crippen molar-refractivity contribution in [2.75, 3.05) is 0 Å². The second-order valence-electron chi connectivity index (χ2n) is 2.81. The van der Waals surface area contributed by atoms with Crippen molar-refractivity contribution in [3.8, 4) is 0 Å². The van der Waals surface area contributed by atoms with Gasteiger partial charge in [0.2, 0.25) is 0 Å². The van der Waals surface area contributed by atoms with E-state index >= 15 is 0 Å². The van der Waals surface area contributed by atoms with Crippen molar-refractivity contribution >= 4 is 10.9 Å². The van der Waals surface area contributed by atoms with Crippen molar-refractivity contribution in [1.29, 1.82) is 5.53 Å². The highest BCUT2D eigenvalue weighted by atomic mass is 15.0. The van der Waals surface area contributed by atoms with Crippen molar-refractivity contribution in [2.45, 2.75) is 6.54 Å². The molecular weight excluding hydrogens is 162 g/mol. The molecule has 0 unspecified atom stereocenters. The fourth-order valence-corrected chi connectivity index (χ4v) is 1.28. The molecule has 0 atom stereocenters. The quantitative estimate of drug-likeness (QED) is 0.694. The molecule has 13 heavy (non-hydrogen) atoms. The Morgan fingerprint density at radius 2 is 2.00 bits per heavy atom. The van der Waals surface area contributed by atoms with Crippen LogP contribution in [0.5, 0.6) is 0 Å². The molecule has 2 aromatic rings. The first-order chi connectivity index (χ1) is 6.40. The average Bonchev–Trinajstić information content (AvgIpc) is 2.18. The molecule has 0 amide bonds. The largest absolute Gasteiger partial charge is 0.251 e. The van der Waals surface area contributed by atoms with Gasteiger partial charge in [-0.15, -0.1) is 0 Å². The van der Waals surface area contributed by atoms with Gasteiger partial charge in [-0.3, -0.25) is 4.98 Å². The summed E-state index contributed by atoms with van der Waals surface area (Å²) >= 11 is 0. The summed E-state index contributed by atoms with van der Waals surface area (Å²) in [5.41, 5.74) is 8.54. The van der Waals surface area contributed by atoms with Crippen LogP contribution in [-0.2, 0) is 6.54 Å². The van der Waals surface area contributed by atoms with Crippen LogP contribution >= 0.6 is 0 Å². The van der Waals surface area contributed by atoms with Gasteiger partial charge in [0.15, 0.2) is 0 Å². The number of hydrogen-bond donors (Lipinski definition) is 1. The van der Waals surface area contributed by atoms with Crippen LogP contribution in [0.3, 0.4) is 0 Å². The Morgan fingerprint density at radius 3 is 2.85 bits per heavy atom. The molecule has 0 aliphatic rings. The van der Waals surface area contributed by atoms with E-state index < -0.39 is 0 Å². The predicted molar refractivity (Wildman–Crippen MR) is 50.6 cm³/mol. The summed E-state index contributed by atoms with van der Waals surface area (Å²) in [6.45, 7) is 0.366. The highest BCUT2D eigenvalue weighted by Gasteiger charge is 1.95. The van der Waals surface area contributed by atoms with E-state index in [1.54, 1.807) is 0 Å². The zero-order valence-electron chi connectivity index (χ0n) is 7.07. The van der Waals surface area contributed by atoms with E-state index in [1.807, 2.05) is 36.4 Å². The SMILES string of the molecule is N=NCc1ccc2ccccc2n1. The standard InChI is InChI=1S/C10H9N3/c11-12-7-9-6-5-8-3-1-2-4-10(8)13-9/h1-6,11H,7H2. The van der Waals surface area contributed by atoms with E-state index in [-0.39, 0.29) is 0 Å². The minimum Gasteiger partial charge on any atom is -0.251 e. The Hall–Kier alpha value is -1.77. The molecule has 1 N–H and O–H groups in total. The third kappa shape index (κ3) is 1.54. The van der Waals surface area contributed by atoms with Gasteiger partial charge in [-0.2, -0.15) is 5.11 Å². The fraction of sp³-hybridized carbons (Fsp3) is 0.100. The lowest BCUT2D eigenvalue weighted by Gasteiger charge is -1.98. The third-order valence-corrected chi connectivity index (χ3v) is 1.90. The van der Waals surface area contributed by atoms with Crippen molar-refractivity contribution in [3.05, 3.63) is 42.1 Å². The van der Waals surface area contributed by atoms with Crippen LogP contribution in [0.1, 0.15) is 5.69 Å². The number of pyridine rings is 1. The lowest BCUT2D eigenvalue weighted by Crippen LogP contribution is -1.87.